The minimum Gasteiger partial charge on any atom is -0.497 e. The van der Waals surface area contributed by atoms with Crippen molar-refractivity contribution in [3.63, 3.8) is 0 Å². The zero-order chi connectivity index (χ0) is 28.6. The minimum atomic E-state index is -4.14. The quantitative estimate of drug-likeness (QED) is 0.334. The number of amides is 2. The monoisotopic (exact) mass is 571 g/mol. The zero-order valence-corrected chi connectivity index (χ0v) is 24.1. The van der Waals surface area contributed by atoms with Gasteiger partial charge in [0.15, 0.2) is 0 Å². The molecule has 3 rings (SSSR count). The number of benzene rings is 3. The second-order valence-corrected chi connectivity index (χ2v) is 11.5. The molecule has 10 heteroatoms. The fourth-order valence-corrected chi connectivity index (χ4v) is 5.47. The van der Waals surface area contributed by atoms with Crippen LogP contribution in [0.2, 0.25) is 5.02 Å². The van der Waals surface area contributed by atoms with E-state index >= 15 is 0 Å². The van der Waals surface area contributed by atoms with Gasteiger partial charge in [-0.3, -0.25) is 13.9 Å². The van der Waals surface area contributed by atoms with Crippen LogP contribution >= 0.6 is 11.6 Å². The lowest BCUT2D eigenvalue weighted by molar-refractivity contribution is -0.139. The molecular formula is C29H34ClN3O5S. The first-order valence-electron chi connectivity index (χ1n) is 12.6. The van der Waals surface area contributed by atoms with Crippen molar-refractivity contribution in [2.45, 2.75) is 50.7 Å². The maximum Gasteiger partial charge on any atom is 0.264 e. The maximum absolute atomic E-state index is 13.9. The van der Waals surface area contributed by atoms with Crippen LogP contribution in [0.3, 0.4) is 0 Å². The van der Waals surface area contributed by atoms with Gasteiger partial charge in [-0.25, -0.2) is 8.42 Å². The van der Waals surface area contributed by atoms with E-state index in [0.717, 1.165) is 16.3 Å². The average molecular weight is 572 g/mol. The van der Waals surface area contributed by atoms with Gasteiger partial charge in [-0.05, 0) is 68.3 Å². The number of carbonyl (C=O) groups is 2. The van der Waals surface area contributed by atoms with Crippen molar-refractivity contribution >= 4 is 39.1 Å². The molecule has 0 fully saturated rings. The number of nitrogens with one attached hydrogen (secondary N) is 1. The predicted octanol–water partition coefficient (Wildman–Crippen LogP) is 4.88. The van der Waals surface area contributed by atoms with E-state index in [4.69, 9.17) is 16.3 Å². The molecule has 0 bridgehead atoms. The third-order valence-electron chi connectivity index (χ3n) is 6.39. The summed E-state index contributed by atoms with van der Waals surface area (Å²) < 4.78 is 33.7. The van der Waals surface area contributed by atoms with Gasteiger partial charge in [0.2, 0.25) is 11.8 Å². The molecule has 0 spiro atoms. The number of hydrogen-bond donors (Lipinski definition) is 1. The number of nitrogens with zero attached hydrogens (tertiary/aromatic N) is 2. The number of halogens is 1. The Balaban J connectivity index is 2.01. The summed E-state index contributed by atoms with van der Waals surface area (Å²) in [5.74, 6) is -0.219. The average Bonchev–Trinajstić information content (AvgIpc) is 2.94. The Morgan fingerprint density at radius 3 is 2.23 bits per heavy atom. The van der Waals surface area contributed by atoms with Crippen LogP contribution in [-0.4, -0.2) is 50.9 Å². The highest BCUT2D eigenvalue weighted by Crippen LogP contribution is 2.27. The van der Waals surface area contributed by atoms with Crippen molar-refractivity contribution in [1.29, 1.82) is 0 Å². The standard InChI is InChI=1S/C29H34ClN3O5S/c1-5-21(2)31-29(35)22(3)32(19-23-14-16-26(38-4)17-15-23)28(34)20-33(25-11-9-10-24(30)18-25)39(36,37)27-12-7-6-8-13-27/h6-18,21-22H,5,19-20H2,1-4H3,(H,31,35)/t21-,22-/m1/s1. The van der Waals surface area contributed by atoms with E-state index in [9.17, 15) is 18.0 Å². The molecule has 208 valence electrons. The first-order chi connectivity index (χ1) is 18.6. The van der Waals surface area contributed by atoms with Gasteiger partial charge in [0.1, 0.15) is 18.3 Å². The van der Waals surface area contributed by atoms with Crippen LogP contribution in [-0.2, 0) is 26.2 Å². The van der Waals surface area contributed by atoms with Gasteiger partial charge in [-0.2, -0.15) is 0 Å². The third kappa shape index (κ3) is 7.74. The summed E-state index contributed by atoms with van der Waals surface area (Å²) in [6.07, 6.45) is 0.725. The normalized spacial score (nSPS) is 12.7. The maximum atomic E-state index is 13.9. The highest BCUT2D eigenvalue weighted by atomic mass is 35.5. The number of anilines is 1. The molecule has 0 unspecified atom stereocenters. The van der Waals surface area contributed by atoms with E-state index < -0.39 is 28.5 Å². The SMILES string of the molecule is CC[C@@H](C)NC(=O)[C@@H](C)N(Cc1ccc(OC)cc1)C(=O)CN(c1cccc(Cl)c1)S(=O)(=O)c1ccccc1. The van der Waals surface area contributed by atoms with E-state index in [1.807, 2.05) is 13.8 Å². The molecule has 0 aliphatic rings. The lowest BCUT2D eigenvalue weighted by Gasteiger charge is -2.32. The van der Waals surface area contributed by atoms with Gasteiger partial charge < -0.3 is 15.0 Å². The molecule has 3 aromatic carbocycles. The number of methoxy groups -OCH3 is 1. The molecule has 8 nitrogen and oxygen atoms in total. The van der Waals surface area contributed by atoms with Crippen molar-refractivity contribution in [3.8, 4) is 5.75 Å². The van der Waals surface area contributed by atoms with Crippen LogP contribution in [0.5, 0.6) is 5.75 Å². The number of carbonyl (C=O) groups excluding carboxylic acids is 2. The summed E-state index contributed by atoms with van der Waals surface area (Å²) in [6.45, 7) is 5.02. The Labute approximate surface area is 235 Å². The Morgan fingerprint density at radius 2 is 1.64 bits per heavy atom. The summed E-state index contributed by atoms with van der Waals surface area (Å²) in [7, 11) is -2.58. The van der Waals surface area contributed by atoms with Gasteiger partial charge in [-0.15, -0.1) is 0 Å². The summed E-state index contributed by atoms with van der Waals surface area (Å²) in [4.78, 5) is 28.4. The van der Waals surface area contributed by atoms with Crippen LogP contribution in [0.25, 0.3) is 0 Å². The molecule has 0 aliphatic heterocycles. The summed E-state index contributed by atoms with van der Waals surface area (Å²) in [5, 5.41) is 3.24. The zero-order valence-electron chi connectivity index (χ0n) is 22.5. The number of ether oxygens (including phenoxy) is 1. The smallest absolute Gasteiger partial charge is 0.264 e. The Bertz CT molecular complexity index is 1370. The molecule has 0 heterocycles. The van der Waals surface area contributed by atoms with Crippen molar-refractivity contribution in [2.75, 3.05) is 18.0 Å². The fraction of sp³-hybridized carbons (Fsp3) is 0.310. The third-order valence-corrected chi connectivity index (χ3v) is 8.41. The highest BCUT2D eigenvalue weighted by molar-refractivity contribution is 7.92. The predicted molar refractivity (Wildman–Crippen MR) is 153 cm³/mol. The molecule has 2 amide bonds. The second kappa shape index (κ2) is 13.5. The first-order valence-corrected chi connectivity index (χ1v) is 14.4. The summed E-state index contributed by atoms with van der Waals surface area (Å²) in [5.41, 5.74) is 0.994. The van der Waals surface area contributed by atoms with Gasteiger partial charge in [0.05, 0.1) is 17.7 Å². The fourth-order valence-electron chi connectivity index (χ4n) is 3.86. The first kappa shape index (κ1) is 30.0. The summed E-state index contributed by atoms with van der Waals surface area (Å²) >= 11 is 6.19. The molecule has 0 aliphatic carbocycles. The van der Waals surface area contributed by atoms with Crippen LogP contribution in [0.1, 0.15) is 32.8 Å². The Morgan fingerprint density at radius 1 is 0.974 bits per heavy atom. The molecule has 3 aromatic rings. The number of sulfonamides is 1. The van der Waals surface area contributed by atoms with Gasteiger partial charge in [0.25, 0.3) is 10.0 Å². The minimum absolute atomic E-state index is 0.0297. The molecule has 0 saturated carbocycles. The van der Waals surface area contributed by atoms with Crippen LogP contribution in [0, 0.1) is 0 Å². The van der Waals surface area contributed by atoms with Gasteiger partial charge >= 0.3 is 0 Å². The van der Waals surface area contributed by atoms with Crippen LogP contribution in [0.4, 0.5) is 5.69 Å². The van der Waals surface area contributed by atoms with Crippen molar-refractivity contribution in [3.05, 3.63) is 89.4 Å². The Kier molecular flexibility index (Phi) is 10.4. The van der Waals surface area contributed by atoms with Crippen molar-refractivity contribution < 1.29 is 22.7 Å². The molecule has 39 heavy (non-hydrogen) atoms. The van der Waals surface area contributed by atoms with Crippen molar-refractivity contribution in [2.24, 2.45) is 0 Å². The largest absolute Gasteiger partial charge is 0.497 e. The molecular weight excluding hydrogens is 538 g/mol. The van der Waals surface area contributed by atoms with Crippen LogP contribution < -0.4 is 14.4 Å². The summed E-state index contributed by atoms with van der Waals surface area (Å²) in [6, 6.07) is 20.4. The topological polar surface area (TPSA) is 96.0 Å². The van der Waals surface area contributed by atoms with E-state index in [1.54, 1.807) is 74.7 Å². The molecule has 0 aromatic heterocycles. The van der Waals surface area contributed by atoms with Crippen LogP contribution in [0.15, 0.2) is 83.8 Å². The second-order valence-electron chi connectivity index (χ2n) is 9.17. The van der Waals surface area contributed by atoms with E-state index in [-0.39, 0.29) is 29.1 Å². The van der Waals surface area contributed by atoms with E-state index in [2.05, 4.69) is 5.32 Å². The van der Waals surface area contributed by atoms with E-state index in [0.29, 0.717) is 10.8 Å². The number of hydrogen-bond acceptors (Lipinski definition) is 5. The highest BCUT2D eigenvalue weighted by Gasteiger charge is 2.32. The lowest BCUT2D eigenvalue weighted by Crippen LogP contribution is -2.52. The lowest BCUT2D eigenvalue weighted by atomic mass is 10.1. The molecule has 0 radical (unpaired) electrons. The number of rotatable bonds is 12. The van der Waals surface area contributed by atoms with Gasteiger partial charge in [0, 0.05) is 17.6 Å². The molecule has 2 atom stereocenters. The molecule has 1 N–H and O–H groups in total. The van der Waals surface area contributed by atoms with Gasteiger partial charge in [-0.1, -0.05) is 54.9 Å². The van der Waals surface area contributed by atoms with Crippen molar-refractivity contribution in [1.82, 2.24) is 10.2 Å². The Hall–Kier alpha value is -3.56. The molecule has 0 saturated heterocycles. The van der Waals surface area contributed by atoms with E-state index in [1.165, 1.54) is 23.1 Å².